The van der Waals surface area contributed by atoms with E-state index in [1.54, 1.807) is 13.2 Å². The van der Waals surface area contributed by atoms with Crippen LogP contribution >= 0.6 is 0 Å². The number of aliphatic hydroxyl groups is 2. The maximum absolute atomic E-state index is 10.3. The van der Waals surface area contributed by atoms with Crippen molar-refractivity contribution >= 4 is 0 Å². The number of benzene rings is 2. The van der Waals surface area contributed by atoms with E-state index in [4.69, 9.17) is 9.26 Å². The highest BCUT2D eigenvalue weighted by Gasteiger charge is 2.18. The number of methoxy groups -OCH3 is 1. The van der Waals surface area contributed by atoms with Crippen molar-refractivity contribution in [3.63, 3.8) is 0 Å². The third-order valence-electron chi connectivity index (χ3n) is 4.35. The molecule has 0 aliphatic rings. The molecule has 0 saturated carbocycles. The normalized spacial score (nSPS) is 13.3. The number of rotatable bonds is 8. The molecule has 2 N–H and O–H groups in total. The van der Waals surface area contributed by atoms with Gasteiger partial charge in [0.2, 0.25) is 0 Å². The number of aromatic nitrogens is 1. The van der Waals surface area contributed by atoms with Crippen LogP contribution in [0.25, 0.3) is 11.3 Å². The first-order valence-corrected chi connectivity index (χ1v) is 8.67. The molecule has 26 heavy (non-hydrogen) atoms. The fourth-order valence-corrected chi connectivity index (χ4v) is 2.81. The Bertz CT molecular complexity index is 798. The molecule has 0 aliphatic carbocycles. The Hall–Kier alpha value is -2.63. The van der Waals surface area contributed by atoms with Crippen LogP contribution in [0.15, 0.2) is 65.2 Å². The molecule has 3 aromatic rings. The van der Waals surface area contributed by atoms with Gasteiger partial charge >= 0.3 is 0 Å². The highest BCUT2D eigenvalue weighted by molar-refractivity contribution is 5.57. The minimum atomic E-state index is -0.859. The van der Waals surface area contributed by atoms with E-state index < -0.39 is 12.2 Å². The fraction of sp³-hybridized carbons (Fsp3) is 0.286. The standard InChI is InChI=1S/C21H23NO4/c1-25-18-11-8-15(9-12-18)7-10-17(23)13-20(24)19-14-21(26-22-19)16-5-3-2-4-6-16/h2-6,8-9,11-12,14,17,20,23-24H,7,10,13H2,1H3/t17-,20+/m0/s1. The Kier molecular flexibility index (Phi) is 6.04. The van der Waals surface area contributed by atoms with Crippen LogP contribution in [0.3, 0.4) is 0 Å². The number of aryl methyl sites for hydroxylation is 1. The molecule has 1 aromatic heterocycles. The minimum absolute atomic E-state index is 0.219. The van der Waals surface area contributed by atoms with Crippen molar-refractivity contribution in [1.29, 1.82) is 0 Å². The van der Waals surface area contributed by atoms with E-state index in [1.807, 2.05) is 54.6 Å². The molecule has 3 rings (SSSR count). The summed E-state index contributed by atoms with van der Waals surface area (Å²) in [6.07, 6.45) is 0.0291. The van der Waals surface area contributed by atoms with Crippen molar-refractivity contribution in [3.05, 3.63) is 71.9 Å². The zero-order valence-corrected chi connectivity index (χ0v) is 14.7. The van der Waals surface area contributed by atoms with Gasteiger partial charge < -0.3 is 19.5 Å². The highest BCUT2D eigenvalue weighted by Crippen LogP contribution is 2.25. The number of ether oxygens (including phenoxy) is 1. The van der Waals surface area contributed by atoms with Gasteiger partial charge in [-0.2, -0.15) is 0 Å². The molecule has 2 atom stereocenters. The first kappa shape index (κ1) is 18.2. The molecule has 0 unspecified atom stereocenters. The Morgan fingerprint density at radius 3 is 2.46 bits per heavy atom. The van der Waals surface area contributed by atoms with Gasteiger partial charge in [0.05, 0.1) is 13.2 Å². The molecule has 136 valence electrons. The van der Waals surface area contributed by atoms with E-state index in [0.29, 0.717) is 17.9 Å². The van der Waals surface area contributed by atoms with Crippen molar-refractivity contribution in [1.82, 2.24) is 5.16 Å². The van der Waals surface area contributed by atoms with Gasteiger partial charge in [0.15, 0.2) is 5.76 Å². The molecule has 2 aromatic carbocycles. The average molecular weight is 353 g/mol. The maximum atomic E-state index is 10.3. The number of hydrogen-bond acceptors (Lipinski definition) is 5. The molecule has 0 saturated heterocycles. The van der Waals surface area contributed by atoms with Crippen LogP contribution in [0.1, 0.15) is 30.2 Å². The predicted molar refractivity (Wildman–Crippen MR) is 98.8 cm³/mol. The lowest BCUT2D eigenvalue weighted by Crippen LogP contribution is -2.13. The van der Waals surface area contributed by atoms with Crippen molar-refractivity contribution in [2.75, 3.05) is 7.11 Å². The van der Waals surface area contributed by atoms with Crippen molar-refractivity contribution < 1.29 is 19.5 Å². The fourth-order valence-electron chi connectivity index (χ4n) is 2.81. The highest BCUT2D eigenvalue weighted by atomic mass is 16.5. The summed E-state index contributed by atoms with van der Waals surface area (Å²) < 4.78 is 10.4. The molecular formula is C21H23NO4. The van der Waals surface area contributed by atoms with E-state index in [-0.39, 0.29) is 6.42 Å². The van der Waals surface area contributed by atoms with E-state index in [0.717, 1.165) is 23.3 Å². The van der Waals surface area contributed by atoms with Gasteiger partial charge in [0, 0.05) is 18.1 Å². The average Bonchev–Trinajstić information content (AvgIpc) is 3.18. The zero-order chi connectivity index (χ0) is 18.4. The summed E-state index contributed by atoms with van der Waals surface area (Å²) in [4.78, 5) is 0. The maximum Gasteiger partial charge on any atom is 0.167 e. The van der Waals surface area contributed by atoms with Crippen LogP contribution in [-0.4, -0.2) is 28.6 Å². The van der Waals surface area contributed by atoms with Crippen LogP contribution in [0.4, 0.5) is 0 Å². The topological polar surface area (TPSA) is 75.7 Å². The molecule has 5 heteroatoms. The smallest absolute Gasteiger partial charge is 0.167 e. The van der Waals surface area contributed by atoms with Crippen LogP contribution in [0, 0.1) is 0 Å². The second-order valence-corrected chi connectivity index (χ2v) is 6.27. The second-order valence-electron chi connectivity index (χ2n) is 6.27. The lowest BCUT2D eigenvalue weighted by molar-refractivity contribution is 0.0717. The summed E-state index contributed by atoms with van der Waals surface area (Å²) in [6.45, 7) is 0. The van der Waals surface area contributed by atoms with Gasteiger partial charge in [0.25, 0.3) is 0 Å². The Labute approximate surface area is 152 Å². The van der Waals surface area contributed by atoms with Gasteiger partial charge in [0.1, 0.15) is 17.5 Å². The zero-order valence-electron chi connectivity index (χ0n) is 14.7. The molecule has 0 aliphatic heterocycles. The third-order valence-corrected chi connectivity index (χ3v) is 4.35. The predicted octanol–water partition coefficient (Wildman–Crippen LogP) is 3.77. The Morgan fingerprint density at radius 1 is 1.04 bits per heavy atom. The summed E-state index contributed by atoms with van der Waals surface area (Å²) in [6, 6.07) is 19.1. The molecular weight excluding hydrogens is 330 g/mol. The van der Waals surface area contributed by atoms with Crippen molar-refractivity contribution in [3.8, 4) is 17.1 Å². The largest absolute Gasteiger partial charge is 0.497 e. The lowest BCUT2D eigenvalue weighted by Gasteiger charge is -2.13. The summed E-state index contributed by atoms with van der Waals surface area (Å²) >= 11 is 0. The number of aliphatic hydroxyl groups excluding tert-OH is 2. The summed E-state index contributed by atoms with van der Waals surface area (Å²) in [5.41, 5.74) is 2.46. The van der Waals surface area contributed by atoms with E-state index in [2.05, 4.69) is 5.16 Å². The minimum Gasteiger partial charge on any atom is -0.497 e. The monoisotopic (exact) mass is 353 g/mol. The Morgan fingerprint density at radius 2 is 1.77 bits per heavy atom. The van der Waals surface area contributed by atoms with Gasteiger partial charge in [-0.25, -0.2) is 0 Å². The summed E-state index contributed by atoms with van der Waals surface area (Å²) in [7, 11) is 1.63. The van der Waals surface area contributed by atoms with Gasteiger partial charge in [-0.05, 0) is 30.5 Å². The third kappa shape index (κ3) is 4.71. The molecule has 0 amide bonds. The van der Waals surface area contributed by atoms with Crippen LogP contribution in [0.2, 0.25) is 0 Å². The molecule has 0 fully saturated rings. The van der Waals surface area contributed by atoms with Crippen LogP contribution < -0.4 is 4.74 Å². The molecule has 0 spiro atoms. The quantitative estimate of drug-likeness (QED) is 0.645. The van der Waals surface area contributed by atoms with Crippen LogP contribution in [-0.2, 0) is 6.42 Å². The Balaban J connectivity index is 1.52. The second kappa shape index (κ2) is 8.65. The van der Waals surface area contributed by atoms with Gasteiger partial charge in [-0.1, -0.05) is 47.6 Å². The van der Waals surface area contributed by atoms with Gasteiger partial charge in [-0.15, -0.1) is 0 Å². The number of nitrogens with zero attached hydrogens (tertiary/aromatic N) is 1. The molecule has 5 nitrogen and oxygen atoms in total. The SMILES string of the molecule is COc1ccc(CC[C@H](O)C[C@@H](O)c2cc(-c3ccccc3)on2)cc1. The summed E-state index contributed by atoms with van der Waals surface area (Å²) in [5.74, 6) is 1.41. The van der Waals surface area contributed by atoms with E-state index in [1.165, 1.54) is 0 Å². The van der Waals surface area contributed by atoms with E-state index >= 15 is 0 Å². The van der Waals surface area contributed by atoms with Crippen molar-refractivity contribution in [2.45, 2.75) is 31.5 Å². The molecule has 1 heterocycles. The molecule has 0 bridgehead atoms. The van der Waals surface area contributed by atoms with Gasteiger partial charge in [-0.3, -0.25) is 0 Å². The first-order valence-electron chi connectivity index (χ1n) is 8.67. The number of hydrogen-bond donors (Lipinski definition) is 2. The first-order chi connectivity index (χ1) is 12.7. The van der Waals surface area contributed by atoms with E-state index in [9.17, 15) is 10.2 Å². The summed E-state index contributed by atoms with van der Waals surface area (Å²) in [5, 5.41) is 24.5. The molecule has 0 radical (unpaired) electrons. The van der Waals surface area contributed by atoms with Crippen molar-refractivity contribution in [2.24, 2.45) is 0 Å². The lowest BCUT2D eigenvalue weighted by atomic mass is 10.0. The van der Waals surface area contributed by atoms with Crippen LogP contribution in [0.5, 0.6) is 5.75 Å².